The molecule has 1 N–H and O–H groups in total. The highest BCUT2D eigenvalue weighted by Gasteiger charge is 2.16. The molecule has 0 fully saturated rings. The Morgan fingerprint density at radius 2 is 1.56 bits per heavy atom. The van der Waals surface area contributed by atoms with Crippen LogP contribution < -0.4 is 29.0 Å². The summed E-state index contributed by atoms with van der Waals surface area (Å²) in [5, 5.41) is 2.80. The first-order valence-corrected chi connectivity index (χ1v) is 8.56. The highest BCUT2D eigenvalue weighted by atomic mass is 16.5. The molecule has 146 valence electrons. The number of benzene rings is 2. The maximum absolute atomic E-state index is 12.4. The van der Waals surface area contributed by atoms with Crippen LogP contribution in [-0.4, -0.2) is 47.0 Å². The summed E-state index contributed by atoms with van der Waals surface area (Å²) in [6.07, 6.45) is 0. The van der Waals surface area contributed by atoms with Gasteiger partial charge < -0.3 is 29.0 Å². The van der Waals surface area contributed by atoms with Gasteiger partial charge in [0.05, 0.1) is 34.5 Å². The summed E-state index contributed by atoms with van der Waals surface area (Å²) in [6.45, 7) is 3.18. The van der Waals surface area contributed by atoms with Crippen LogP contribution in [0.5, 0.6) is 28.7 Å². The average Bonchev–Trinajstić information content (AvgIpc) is 2.70. The van der Waals surface area contributed by atoms with Gasteiger partial charge in [0, 0.05) is 11.6 Å². The lowest BCUT2D eigenvalue weighted by Gasteiger charge is -2.14. The first-order chi connectivity index (χ1) is 13.1. The van der Waals surface area contributed by atoms with Gasteiger partial charge in [0.2, 0.25) is 5.75 Å². The van der Waals surface area contributed by atoms with Crippen molar-refractivity contribution in [3.05, 3.63) is 42.0 Å². The Morgan fingerprint density at radius 1 is 0.926 bits per heavy atom. The number of rotatable bonds is 10. The summed E-state index contributed by atoms with van der Waals surface area (Å²) in [5.74, 6) is 2.45. The Bertz CT molecular complexity index is 737. The molecule has 0 spiro atoms. The quantitative estimate of drug-likeness (QED) is 0.644. The van der Waals surface area contributed by atoms with Gasteiger partial charge in [-0.1, -0.05) is 6.07 Å². The van der Waals surface area contributed by atoms with Crippen molar-refractivity contribution in [3.63, 3.8) is 0 Å². The lowest BCUT2D eigenvalue weighted by Crippen LogP contribution is -2.28. The predicted molar refractivity (Wildman–Crippen MR) is 102 cm³/mol. The highest BCUT2D eigenvalue weighted by Crippen LogP contribution is 2.38. The normalized spacial score (nSPS) is 10.1. The zero-order valence-corrected chi connectivity index (χ0v) is 16.0. The molecule has 7 heteroatoms. The summed E-state index contributed by atoms with van der Waals surface area (Å²) in [6, 6.07) is 10.6. The molecule has 0 aliphatic carbocycles. The van der Waals surface area contributed by atoms with Crippen molar-refractivity contribution in [2.45, 2.75) is 6.92 Å². The van der Waals surface area contributed by atoms with E-state index in [1.807, 2.05) is 31.2 Å². The number of amides is 1. The van der Waals surface area contributed by atoms with Gasteiger partial charge in [-0.05, 0) is 31.2 Å². The number of carbonyl (C=O) groups is 1. The minimum atomic E-state index is -0.263. The Hall–Kier alpha value is -3.09. The summed E-state index contributed by atoms with van der Waals surface area (Å²) in [5.41, 5.74) is 0.405. The van der Waals surface area contributed by atoms with Crippen LogP contribution >= 0.6 is 0 Å². The van der Waals surface area contributed by atoms with Crippen LogP contribution in [0.4, 0.5) is 0 Å². The van der Waals surface area contributed by atoms with E-state index in [2.05, 4.69) is 5.32 Å². The lowest BCUT2D eigenvalue weighted by atomic mass is 10.1. The zero-order chi connectivity index (χ0) is 19.6. The predicted octanol–water partition coefficient (Wildman–Crippen LogP) is 2.92. The van der Waals surface area contributed by atoms with Crippen molar-refractivity contribution < 1.29 is 28.5 Å². The van der Waals surface area contributed by atoms with Gasteiger partial charge in [0.1, 0.15) is 18.1 Å². The maximum Gasteiger partial charge on any atom is 0.251 e. The first-order valence-electron chi connectivity index (χ1n) is 8.56. The van der Waals surface area contributed by atoms with Crippen LogP contribution in [-0.2, 0) is 0 Å². The SMILES string of the molecule is CCOc1cccc(OCCNC(=O)c2cc(OC)c(OC)c(OC)c2)c1. The van der Waals surface area contributed by atoms with E-state index in [4.69, 9.17) is 23.7 Å². The summed E-state index contributed by atoms with van der Waals surface area (Å²) in [7, 11) is 4.52. The Morgan fingerprint density at radius 3 is 2.11 bits per heavy atom. The van der Waals surface area contributed by atoms with Gasteiger partial charge in [-0.25, -0.2) is 0 Å². The van der Waals surface area contributed by atoms with Gasteiger partial charge in [-0.15, -0.1) is 0 Å². The molecule has 0 aromatic heterocycles. The fourth-order valence-corrected chi connectivity index (χ4v) is 2.47. The van der Waals surface area contributed by atoms with Crippen molar-refractivity contribution >= 4 is 5.91 Å². The van der Waals surface area contributed by atoms with E-state index in [1.165, 1.54) is 21.3 Å². The van der Waals surface area contributed by atoms with Crippen LogP contribution in [0.2, 0.25) is 0 Å². The van der Waals surface area contributed by atoms with E-state index in [9.17, 15) is 4.79 Å². The van der Waals surface area contributed by atoms with E-state index in [0.29, 0.717) is 48.3 Å². The van der Waals surface area contributed by atoms with E-state index < -0.39 is 0 Å². The summed E-state index contributed by atoms with van der Waals surface area (Å²) < 4.78 is 26.8. The molecular formula is C20H25NO6. The third kappa shape index (κ3) is 5.44. The molecule has 1 amide bonds. The molecule has 0 aliphatic heterocycles. The summed E-state index contributed by atoms with van der Waals surface area (Å²) >= 11 is 0. The smallest absolute Gasteiger partial charge is 0.251 e. The van der Waals surface area contributed by atoms with Crippen LogP contribution in [0.3, 0.4) is 0 Å². The Labute approximate surface area is 159 Å². The van der Waals surface area contributed by atoms with Crippen molar-refractivity contribution in [2.24, 2.45) is 0 Å². The van der Waals surface area contributed by atoms with Crippen molar-refractivity contribution in [1.29, 1.82) is 0 Å². The number of carbonyl (C=O) groups excluding carboxylic acids is 1. The molecule has 0 atom stereocenters. The van der Waals surface area contributed by atoms with Crippen LogP contribution in [0.25, 0.3) is 0 Å². The molecule has 0 saturated carbocycles. The topological polar surface area (TPSA) is 75.3 Å². The van der Waals surface area contributed by atoms with Crippen molar-refractivity contribution in [3.8, 4) is 28.7 Å². The lowest BCUT2D eigenvalue weighted by molar-refractivity contribution is 0.0946. The van der Waals surface area contributed by atoms with Crippen LogP contribution in [0.15, 0.2) is 36.4 Å². The number of methoxy groups -OCH3 is 3. The molecule has 0 saturated heterocycles. The Balaban J connectivity index is 1.93. The second-order valence-electron chi connectivity index (χ2n) is 5.43. The molecule has 0 aliphatic rings. The number of hydrogen-bond donors (Lipinski definition) is 1. The second-order valence-corrected chi connectivity index (χ2v) is 5.43. The second kappa shape index (κ2) is 10.2. The molecule has 2 rings (SSSR count). The van der Waals surface area contributed by atoms with Gasteiger partial charge in [0.25, 0.3) is 5.91 Å². The maximum atomic E-state index is 12.4. The van der Waals surface area contributed by atoms with Crippen LogP contribution in [0, 0.1) is 0 Å². The number of ether oxygens (including phenoxy) is 5. The van der Waals surface area contributed by atoms with E-state index in [-0.39, 0.29) is 5.91 Å². The van der Waals surface area contributed by atoms with E-state index >= 15 is 0 Å². The average molecular weight is 375 g/mol. The molecule has 0 heterocycles. The first kappa shape index (κ1) is 20.2. The van der Waals surface area contributed by atoms with Crippen molar-refractivity contribution in [2.75, 3.05) is 41.1 Å². The zero-order valence-electron chi connectivity index (χ0n) is 16.0. The molecule has 7 nitrogen and oxygen atoms in total. The minimum absolute atomic E-state index is 0.263. The minimum Gasteiger partial charge on any atom is -0.494 e. The third-order valence-corrected chi connectivity index (χ3v) is 3.70. The molecule has 27 heavy (non-hydrogen) atoms. The van der Waals surface area contributed by atoms with Gasteiger partial charge in [-0.3, -0.25) is 4.79 Å². The van der Waals surface area contributed by atoms with Gasteiger partial charge >= 0.3 is 0 Å². The Kier molecular flexibility index (Phi) is 7.61. The highest BCUT2D eigenvalue weighted by molar-refractivity contribution is 5.95. The third-order valence-electron chi connectivity index (χ3n) is 3.70. The fraction of sp³-hybridized carbons (Fsp3) is 0.350. The standard InChI is InChI=1S/C20H25NO6/c1-5-26-15-7-6-8-16(13-15)27-10-9-21-20(22)14-11-17(23-2)19(25-4)18(12-14)24-3/h6-8,11-13H,5,9-10H2,1-4H3,(H,21,22). The van der Waals surface area contributed by atoms with Crippen molar-refractivity contribution in [1.82, 2.24) is 5.32 Å². The van der Waals surface area contributed by atoms with E-state index in [0.717, 1.165) is 5.75 Å². The van der Waals surface area contributed by atoms with Crippen LogP contribution in [0.1, 0.15) is 17.3 Å². The largest absolute Gasteiger partial charge is 0.494 e. The van der Waals surface area contributed by atoms with Gasteiger partial charge in [-0.2, -0.15) is 0 Å². The molecule has 0 bridgehead atoms. The monoisotopic (exact) mass is 375 g/mol. The summed E-state index contributed by atoms with van der Waals surface area (Å²) in [4.78, 5) is 12.4. The molecule has 0 unspecified atom stereocenters. The number of nitrogens with one attached hydrogen (secondary N) is 1. The molecular weight excluding hydrogens is 350 g/mol. The van der Waals surface area contributed by atoms with Gasteiger partial charge in [0.15, 0.2) is 11.5 Å². The molecule has 0 radical (unpaired) electrons. The fourth-order valence-electron chi connectivity index (χ4n) is 2.47. The molecule has 2 aromatic carbocycles. The number of hydrogen-bond acceptors (Lipinski definition) is 6. The van der Waals surface area contributed by atoms with E-state index in [1.54, 1.807) is 12.1 Å². The molecule has 2 aromatic rings.